The Hall–Kier alpha value is -1.02. The highest BCUT2D eigenvalue weighted by Gasteiger charge is 2.27. The molecule has 0 aliphatic carbocycles. The van der Waals surface area contributed by atoms with Gasteiger partial charge in [0.2, 0.25) is 0 Å². The van der Waals surface area contributed by atoms with Crippen LogP contribution in [0.5, 0.6) is 0 Å². The molecule has 0 atom stereocenters. The maximum absolute atomic E-state index is 13.1. The number of pyridine rings is 1. The number of hydrogen-bond acceptors (Lipinski definition) is 4. The van der Waals surface area contributed by atoms with Gasteiger partial charge in [0.15, 0.2) is 11.6 Å². The lowest BCUT2D eigenvalue weighted by Gasteiger charge is -2.07. The molecule has 1 rings (SSSR count). The molecule has 2 N–H and O–H groups in total. The Bertz CT molecular complexity index is 491. The normalized spacial score (nSPS) is 12.1. The molecular formula is C6H4ClF3N2O2S. The van der Waals surface area contributed by atoms with Crippen molar-refractivity contribution in [2.24, 2.45) is 0 Å². The summed E-state index contributed by atoms with van der Waals surface area (Å²) in [7, 11) is 0.340. The van der Waals surface area contributed by atoms with Gasteiger partial charge in [-0.3, -0.25) is 0 Å². The number of anilines is 1. The van der Waals surface area contributed by atoms with Crippen molar-refractivity contribution >= 4 is 25.6 Å². The molecule has 0 saturated heterocycles. The molecule has 0 saturated carbocycles. The van der Waals surface area contributed by atoms with Crippen molar-refractivity contribution in [3.63, 3.8) is 0 Å². The van der Waals surface area contributed by atoms with Crippen molar-refractivity contribution < 1.29 is 21.6 Å². The predicted octanol–water partition coefficient (Wildman–Crippen LogP) is 1.67. The van der Waals surface area contributed by atoms with E-state index in [0.29, 0.717) is 6.20 Å². The van der Waals surface area contributed by atoms with Crippen LogP contribution < -0.4 is 5.73 Å². The van der Waals surface area contributed by atoms with Crippen molar-refractivity contribution in [1.82, 2.24) is 4.98 Å². The molecule has 0 aliphatic heterocycles. The average molecular weight is 261 g/mol. The Kier molecular flexibility index (Phi) is 3.10. The minimum absolute atomic E-state index is 0.488. The highest BCUT2D eigenvalue weighted by atomic mass is 35.7. The van der Waals surface area contributed by atoms with Gasteiger partial charge in [0.1, 0.15) is 4.90 Å². The number of hydrogen-bond donors (Lipinski definition) is 1. The van der Waals surface area contributed by atoms with E-state index in [1.807, 2.05) is 0 Å². The topological polar surface area (TPSA) is 73.0 Å². The van der Waals surface area contributed by atoms with Crippen LogP contribution in [0, 0.1) is 5.82 Å². The molecule has 1 aromatic rings. The van der Waals surface area contributed by atoms with Crippen LogP contribution in [0.4, 0.5) is 19.0 Å². The van der Waals surface area contributed by atoms with E-state index >= 15 is 0 Å². The van der Waals surface area contributed by atoms with E-state index in [4.69, 9.17) is 16.4 Å². The second kappa shape index (κ2) is 3.86. The molecule has 15 heavy (non-hydrogen) atoms. The predicted molar refractivity (Wildman–Crippen MR) is 46.6 cm³/mol. The molecule has 1 aromatic heterocycles. The molecule has 0 fully saturated rings. The van der Waals surface area contributed by atoms with Gasteiger partial charge in [-0.1, -0.05) is 0 Å². The number of nitrogen functional groups attached to an aromatic ring is 1. The van der Waals surface area contributed by atoms with Gasteiger partial charge in [0.25, 0.3) is 15.5 Å². The van der Waals surface area contributed by atoms with E-state index in [1.165, 1.54) is 0 Å². The van der Waals surface area contributed by atoms with Crippen molar-refractivity contribution in [3.05, 3.63) is 17.6 Å². The van der Waals surface area contributed by atoms with Crippen LogP contribution >= 0.6 is 10.7 Å². The van der Waals surface area contributed by atoms with Crippen LogP contribution in [0.25, 0.3) is 0 Å². The molecule has 9 heteroatoms. The van der Waals surface area contributed by atoms with Crippen LogP contribution in [-0.2, 0) is 9.05 Å². The summed E-state index contributed by atoms with van der Waals surface area (Å²) in [5, 5.41) is 0. The van der Waals surface area contributed by atoms with Gasteiger partial charge in [0, 0.05) is 16.9 Å². The van der Waals surface area contributed by atoms with Gasteiger partial charge >= 0.3 is 0 Å². The fourth-order valence-corrected chi connectivity index (χ4v) is 1.89. The summed E-state index contributed by atoms with van der Waals surface area (Å²) in [4.78, 5) is 2.02. The number of nitrogens with two attached hydrogens (primary N) is 1. The monoisotopic (exact) mass is 260 g/mol. The van der Waals surface area contributed by atoms with Gasteiger partial charge in [0.05, 0.1) is 5.56 Å². The van der Waals surface area contributed by atoms with Crippen molar-refractivity contribution in [1.29, 1.82) is 0 Å². The summed E-state index contributed by atoms with van der Waals surface area (Å²) in [5.74, 6) is -2.39. The molecule has 84 valence electrons. The van der Waals surface area contributed by atoms with E-state index < -0.39 is 37.6 Å². The zero-order valence-electron chi connectivity index (χ0n) is 6.92. The first-order valence-electron chi connectivity index (χ1n) is 3.42. The lowest BCUT2D eigenvalue weighted by atomic mass is 10.2. The molecule has 0 spiro atoms. The van der Waals surface area contributed by atoms with Crippen LogP contribution in [-0.4, -0.2) is 13.4 Å². The lowest BCUT2D eigenvalue weighted by molar-refractivity contribution is 0.142. The van der Waals surface area contributed by atoms with Crippen LogP contribution in [0.2, 0.25) is 0 Å². The molecule has 0 unspecified atom stereocenters. The molecular weight excluding hydrogens is 257 g/mol. The first-order chi connectivity index (χ1) is 6.75. The SMILES string of the molecule is Nc1ncc(S(=O)(=O)Cl)c(C(F)F)c1F. The molecule has 0 aromatic carbocycles. The molecule has 0 amide bonds. The van der Waals surface area contributed by atoms with E-state index in [9.17, 15) is 21.6 Å². The van der Waals surface area contributed by atoms with Crippen molar-refractivity contribution in [3.8, 4) is 0 Å². The standard InChI is InChI=1S/C6H4ClF3N2O2S/c7-15(13,14)2-1-12-6(11)4(8)3(2)5(9)10/h1,5H,(H2,11,12). The van der Waals surface area contributed by atoms with Gasteiger partial charge in [-0.15, -0.1) is 0 Å². The Morgan fingerprint density at radius 3 is 2.40 bits per heavy atom. The Balaban J connectivity index is 3.62. The summed E-state index contributed by atoms with van der Waals surface area (Å²) in [6.07, 6.45) is -2.86. The van der Waals surface area contributed by atoms with E-state index in [2.05, 4.69) is 4.98 Å². The number of rotatable bonds is 2. The highest BCUT2D eigenvalue weighted by Crippen LogP contribution is 2.32. The summed E-state index contributed by atoms with van der Waals surface area (Å²) in [5.41, 5.74) is 3.55. The molecule has 0 bridgehead atoms. The Morgan fingerprint density at radius 2 is 2.00 bits per heavy atom. The summed E-state index contributed by atoms with van der Waals surface area (Å²) < 4.78 is 59.4. The second-order valence-corrected chi connectivity index (χ2v) is 5.01. The summed E-state index contributed by atoms with van der Waals surface area (Å²) in [6, 6.07) is 0. The molecule has 0 radical (unpaired) electrons. The Labute approximate surface area is 87.3 Å². The van der Waals surface area contributed by atoms with Gasteiger partial charge < -0.3 is 5.73 Å². The zero-order chi connectivity index (χ0) is 11.8. The lowest BCUT2D eigenvalue weighted by Crippen LogP contribution is -2.07. The van der Waals surface area contributed by atoms with Crippen LogP contribution in [0.15, 0.2) is 11.1 Å². The molecule has 1 heterocycles. The summed E-state index contributed by atoms with van der Waals surface area (Å²) in [6.45, 7) is 0. The van der Waals surface area contributed by atoms with E-state index in [-0.39, 0.29) is 0 Å². The quantitative estimate of drug-likeness (QED) is 0.821. The third-order valence-electron chi connectivity index (χ3n) is 1.53. The molecule has 0 aliphatic rings. The maximum atomic E-state index is 13.1. The van der Waals surface area contributed by atoms with Crippen molar-refractivity contribution in [2.45, 2.75) is 11.3 Å². The summed E-state index contributed by atoms with van der Waals surface area (Å²) >= 11 is 0. The maximum Gasteiger partial charge on any atom is 0.268 e. The van der Waals surface area contributed by atoms with E-state index in [1.54, 1.807) is 0 Å². The number of halogens is 4. The van der Waals surface area contributed by atoms with Crippen LogP contribution in [0.1, 0.15) is 12.0 Å². The highest BCUT2D eigenvalue weighted by molar-refractivity contribution is 8.13. The number of alkyl halides is 2. The van der Waals surface area contributed by atoms with Crippen molar-refractivity contribution in [2.75, 3.05) is 5.73 Å². The number of nitrogens with zero attached hydrogens (tertiary/aromatic N) is 1. The average Bonchev–Trinajstić information content (AvgIpc) is 2.06. The largest absolute Gasteiger partial charge is 0.381 e. The van der Waals surface area contributed by atoms with Gasteiger partial charge in [-0.25, -0.2) is 26.6 Å². The fourth-order valence-electron chi connectivity index (χ4n) is 0.898. The van der Waals surface area contributed by atoms with E-state index in [0.717, 1.165) is 0 Å². The van der Waals surface area contributed by atoms with Gasteiger partial charge in [-0.05, 0) is 0 Å². The first-order valence-corrected chi connectivity index (χ1v) is 5.72. The first kappa shape index (κ1) is 12.1. The Morgan fingerprint density at radius 1 is 1.47 bits per heavy atom. The fraction of sp³-hybridized carbons (Fsp3) is 0.167. The third-order valence-corrected chi connectivity index (χ3v) is 2.88. The van der Waals surface area contributed by atoms with Crippen LogP contribution in [0.3, 0.4) is 0 Å². The zero-order valence-corrected chi connectivity index (χ0v) is 8.49. The third kappa shape index (κ3) is 2.32. The minimum atomic E-state index is -4.48. The molecule has 4 nitrogen and oxygen atoms in total. The smallest absolute Gasteiger partial charge is 0.268 e. The van der Waals surface area contributed by atoms with Gasteiger partial charge in [-0.2, -0.15) is 0 Å². The number of aromatic nitrogens is 1. The second-order valence-electron chi connectivity index (χ2n) is 2.47. The minimum Gasteiger partial charge on any atom is -0.381 e.